The molecule has 1 heterocycles. The van der Waals surface area contributed by atoms with Crippen LogP contribution in [0.2, 0.25) is 0 Å². The molecule has 0 radical (unpaired) electrons. The van der Waals surface area contributed by atoms with Gasteiger partial charge in [-0.3, -0.25) is 0 Å². The number of nitrogens with zero attached hydrogens (tertiary/aromatic N) is 1. The fraction of sp³-hybridized carbons (Fsp3) is 0.261. The Bertz CT molecular complexity index is 826. The van der Waals surface area contributed by atoms with Crippen molar-refractivity contribution in [3.05, 3.63) is 84.1 Å². The monoisotopic (exact) mass is 378 g/mol. The summed E-state index contributed by atoms with van der Waals surface area (Å²) in [6.45, 7) is 4.98. The number of para-hydroxylation sites is 1. The molecule has 0 bridgehead atoms. The van der Waals surface area contributed by atoms with Crippen LogP contribution in [0.5, 0.6) is 17.4 Å². The lowest BCUT2D eigenvalue weighted by Gasteiger charge is -2.16. The zero-order valence-corrected chi connectivity index (χ0v) is 16.1. The molecule has 3 aromatic rings. The minimum atomic E-state index is 0.501. The van der Waals surface area contributed by atoms with Gasteiger partial charge in [-0.2, -0.15) is 0 Å². The van der Waals surface area contributed by atoms with Gasteiger partial charge >= 0.3 is 0 Å². The average molecular weight is 378 g/mol. The summed E-state index contributed by atoms with van der Waals surface area (Å²) in [4.78, 5) is 4.15. The second kappa shape index (κ2) is 10.9. The molecule has 0 saturated carbocycles. The van der Waals surface area contributed by atoms with Crippen LogP contribution >= 0.6 is 0 Å². The number of hydrogen-bond acceptors (Lipinski definition) is 5. The fourth-order valence-electron chi connectivity index (χ4n) is 2.75. The van der Waals surface area contributed by atoms with Gasteiger partial charge in [-0.05, 0) is 24.6 Å². The van der Waals surface area contributed by atoms with Crippen LogP contribution in [0.25, 0.3) is 0 Å². The van der Waals surface area contributed by atoms with E-state index in [0.717, 1.165) is 22.6 Å². The van der Waals surface area contributed by atoms with Gasteiger partial charge in [0.05, 0.1) is 6.61 Å². The van der Waals surface area contributed by atoms with E-state index in [2.05, 4.69) is 28.5 Å². The van der Waals surface area contributed by atoms with Crippen molar-refractivity contribution in [2.75, 3.05) is 19.8 Å². The third-order valence-corrected chi connectivity index (χ3v) is 4.07. The highest BCUT2D eigenvalue weighted by Crippen LogP contribution is 2.32. The van der Waals surface area contributed by atoms with E-state index >= 15 is 0 Å². The van der Waals surface area contributed by atoms with Crippen LogP contribution in [0.3, 0.4) is 0 Å². The van der Waals surface area contributed by atoms with Gasteiger partial charge in [0.25, 0.3) is 0 Å². The molecule has 1 aromatic heterocycles. The van der Waals surface area contributed by atoms with Crippen LogP contribution in [-0.4, -0.2) is 24.7 Å². The van der Waals surface area contributed by atoms with E-state index in [-0.39, 0.29) is 0 Å². The van der Waals surface area contributed by atoms with Crippen molar-refractivity contribution in [3.8, 4) is 17.4 Å². The topological polar surface area (TPSA) is 52.6 Å². The highest BCUT2D eigenvalue weighted by molar-refractivity contribution is 5.46. The van der Waals surface area contributed by atoms with E-state index in [9.17, 15) is 0 Å². The molecule has 28 heavy (non-hydrogen) atoms. The maximum absolute atomic E-state index is 6.13. The summed E-state index contributed by atoms with van der Waals surface area (Å²) in [6.07, 6.45) is 1.72. The van der Waals surface area contributed by atoms with Gasteiger partial charge in [0, 0.05) is 30.9 Å². The Morgan fingerprint density at radius 2 is 1.71 bits per heavy atom. The summed E-state index contributed by atoms with van der Waals surface area (Å²) in [5, 5.41) is 3.39. The van der Waals surface area contributed by atoms with E-state index in [1.54, 1.807) is 6.20 Å². The molecule has 0 aliphatic heterocycles. The first-order chi connectivity index (χ1) is 13.9. The molecule has 0 fully saturated rings. The van der Waals surface area contributed by atoms with E-state index < -0.39 is 0 Å². The van der Waals surface area contributed by atoms with Crippen LogP contribution in [0, 0.1) is 0 Å². The SMILES string of the molecule is CCOc1cccc(CNCCOc2ccccn2)c1OCc1ccccc1. The van der Waals surface area contributed by atoms with Crippen molar-refractivity contribution in [1.29, 1.82) is 0 Å². The van der Waals surface area contributed by atoms with Crippen molar-refractivity contribution >= 4 is 0 Å². The summed E-state index contributed by atoms with van der Waals surface area (Å²) in [5.74, 6) is 2.18. The average Bonchev–Trinajstić information content (AvgIpc) is 2.74. The lowest BCUT2D eigenvalue weighted by atomic mass is 10.1. The van der Waals surface area contributed by atoms with Crippen molar-refractivity contribution in [2.45, 2.75) is 20.1 Å². The van der Waals surface area contributed by atoms with Crippen molar-refractivity contribution in [3.63, 3.8) is 0 Å². The quantitative estimate of drug-likeness (QED) is 0.506. The molecule has 0 aliphatic rings. The number of nitrogens with one attached hydrogen (secondary N) is 1. The first-order valence-electron chi connectivity index (χ1n) is 9.52. The highest BCUT2D eigenvalue weighted by Gasteiger charge is 2.11. The third-order valence-electron chi connectivity index (χ3n) is 4.07. The number of rotatable bonds is 11. The maximum Gasteiger partial charge on any atom is 0.213 e. The first kappa shape index (κ1) is 19.7. The van der Waals surface area contributed by atoms with Gasteiger partial charge < -0.3 is 19.5 Å². The lowest BCUT2D eigenvalue weighted by Crippen LogP contribution is -2.21. The predicted octanol–water partition coefficient (Wildman–Crippen LogP) is 4.23. The molecule has 0 atom stereocenters. The summed E-state index contributed by atoms with van der Waals surface area (Å²) >= 11 is 0. The van der Waals surface area contributed by atoms with Gasteiger partial charge in [-0.25, -0.2) is 4.98 Å². The molecule has 1 N–H and O–H groups in total. The molecular formula is C23H26N2O3. The molecular weight excluding hydrogens is 352 g/mol. The third kappa shape index (κ3) is 5.99. The predicted molar refractivity (Wildman–Crippen MR) is 110 cm³/mol. The van der Waals surface area contributed by atoms with Crippen molar-refractivity contribution in [2.24, 2.45) is 0 Å². The van der Waals surface area contributed by atoms with Gasteiger partial charge in [0.2, 0.25) is 5.88 Å². The van der Waals surface area contributed by atoms with Crippen LogP contribution in [-0.2, 0) is 13.2 Å². The zero-order chi connectivity index (χ0) is 19.4. The molecule has 146 valence electrons. The Labute approximate surface area is 166 Å². The normalized spacial score (nSPS) is 10.5. The summed E-state index contributed by atoms with van der Waals surface area (Å²) < 4.78 is 17.5. The Morgan fingerprint density at radius 1 is 0.857 bits per heavy atom. The Balaban J connectivity index is 1.57. The van der Waals surface area contributed by atoms with Crippen LogP contribution in [0.15, 0.2) is 72.9 Å². The first-order valence-corrected chi connectivity index (χ1v) is 9.52. The van der Waals surface area contributed by atoms with Crippen LogP contribution < -0.4 is 19.5 Å². The molecule has 3 rings (SSSR count). The van der Waals surface area contributed by atoms with Crippen LogP contribution in [0.1, 0.15) is 18.1 Å². The second-order valence-corrected chi connectivity index (χ2v) is 6.14. The molecule has 5 heteroatoms. The minimum Gasteiger partial charge on any atom is -0.490 e. The second-order valence-electron chi connectivity index (χ2n) is 6.14. The molecule has 0 saturated heterocycles. The number of pyridine rings is 1. The van der Waals surface area contributed by atoms with E-state index in [1.807, 2.05) is 55.5 Å². The maximum atomic E-state index is 6.13. The largest absolute Gasteiger partial charge is 0.490 e. The van der Waals surface area contributed by atoms with Gasteiger partial charge in [-0.1, -0.05) is 48.5 Å². The summed E-state index contributed by atoms with van der Waals surface area (Å²) in [5.41, 5.74) is 2.18. The van der Waals surface area contributed by atoms with E-state index in [4.69, 9.17) is 14.2 Å². The smallest absolute Gasteiger partial charge is 0.213 e. The van der Waals surface area contributed by atoms with Gasteiger partial charge in [0.1, 0.15) is 13.2 Å². The molecule has 0 aliphatic carbocycles. The van der Waals surface area contributed by atoms with Crippen LogP contribution in [0.4, 0.5) is 0 Å². The Kier molecular flexibility index (Phi) is 7.70. The van der Waals surface area contributed by atoms with Gasteiger partial charge in [-0.15, -0.1) is 0 Å². The van der Waals surface area contributed by atoms with E-state index in [0.29, 0.717) is 38.8 Å². The molecule has 0 amide bonds. The van der Waals surface area contributed by atoms with Crippen molar-refractivity contribution in [1.82, 2.24) is 10.3 Å². The summed E-state index contributed by atoms with van der Waals surface area (Å²) in [6, 6.07) is 21.7. The van der Waals surface area contributed by atoms with Gasteiger partial charge in [0.15, 0.2) is 11.5 Å². The summed E-state index contributed by atoms with van der Waals surface area (Å²) in [7, 11) is 0. The fourth-order valence-corrected chi connectivity index (χ4v) is 2.75. The van der Waals surface area contributed by atoms with Crippen molar-refractivity contribution < 1.29 is 14.2 Å². The molecule has 0 spiro atoms. The molecule has 0 unspecified atom stereocenters. The Hall–Kier alpha value is -3.05. The molecule has 5 nitrogen and oxygen atoms in total. The Morgan fingerprint density at radius 3 is 2.50 bits per heavy atom. The molecule has 2 aromatic carbocycles. The van der Waals surface area contributed by atoms with E-state index in [1.165, 1.54) is 0 Å². The number of hydrogen-bond donors (Lipinski definition) is 1. The lowest BCUT2D eigenvalue weighted by molar-refractivity contribution is 0.265. The highest BCUT2D eigenvalue weighted by atomic mass is 16.5. The number of benzene rings is 2. The zero-order valence-electron chi connectivity index (χ0n) is 16.1. The number of ether oxygens (including phenoxy) is 3. The standard InChI is InChI=1S/C23H26N2O3/c1-2-26-21-12-8-11-20(23(21)28-18-19-9-4-3-5-10-19)17-24-15-16-27-22-13-6-7-14-25-22/h3-14,24H,2,15-18H2,1H3. The minimum absolute atomic E-state index is 0.501. The number of aromatic nitrogens is 1.